The fourth-order valence-electron chi connectivity index (χ4n) is 0.680. The van der Waals surface area contributed by atoms with E-state index in [9.17, 15) is 0 Å². The summed E-state index contributed by atoms with van der Waals surface area (Å²) in [5, 5.41) is 0. The minimum atomic E-state index is 0.803. The summed E-state index contributed by atoms with van der Waals surface area (Å²) in [6.07, 6.45) is 4.02. The molecule has 0 aliphatic carbocycles. The van der Waals surface area contributed by atoms with Crippen LogP contribution in [0, 0.1) is 0 Å². The van der Waals surface area contributed by atoms with Gasteiger partial charge in [0.1, 0.15) is 5.82 Å². The first-order chi connectivity index (χ1) is 5.22. The molecule has 0 saturated heterocycles. The van der Waals surface area contributed by atoms with Crippen LogP contribution in [0.25, 0.3) is 0 Å². The number of halogens is 1. The molecule has 4 heteroatoms. The van der Waals surface area contributed by atoms with Gasteiger partial charge in [0.05, 0.1) is 4.48 Å². The molecule has 0 aromatic carbocycles. The third-order valence-electron chi connectivity index (χ3n) is 1.30. The molecule has 3 nitrogen and oxygen atoms in total. The summed E-state index contributed by atoms with van der Waals surface area (Å²) in [5.41, 5.74) is 10.1. The van der Waals surface area contributed by atoms with Gasteiger partial charge in [-0.25, -0.2) is 0 Å². The van der Waals surface area contributed by atoms with Crippen LogP contribution in [0.4, 0.5) is 0 Å². The van der Waals surface area contributed by atoms with Crippen LogP contribution in [0.2, 0.25) is 0 Å². The maximum absolute atomic E-state index is 5.63. The van der Waals surface area contributed by atoms with E-state index in [2.05, 4.69) is 27.7 Å². The molecule has 0 aromatic rings. The second kappa shape index (κ2) is 5.21. The average molecular weight is 220 g/mol. The zero-order valence-corrected chi connectivity index (χ0v) is 8.43. The van der Waals surface area contributed by atoms with E-state index in [1.807, 2.05) is 18.0 Å². The van der Waals surface area contributed by atoms with Crippen molar-refractivity contribution < 1.29 is 0 Å². The summed E-state index contributed by atoms with van der Waals surface area (Å²) in [5.74, 6) is 0.803. The van der Waals surface area contributed by atoms with E-state index in [4.69, 9.17) is 5.73 Å². The molecular weight excluding hydrogens is 206 g/mol. The van der Waals surface area contributed by atoms with Crippen molar-refractivity contribution in [2.24, 2.45) is 11.5 Å². The molecule has 1 rings (SSSR count). The van der Waals surface area contributed by atoms with E-state index in [1.165, 1.54) is 7.05 Å². The summed E-state index contributed by atoms with van der Waals surface area (Å²) < 4.78 is 0.969. The summed E-state index contributed by atoms with van der Waals surface area (Å²) in [6, 6.07) is 0. The van der Waals surface area contributed by atoms with Gasteiger partial charge in [-0.2, -0.15) is 0 Å². The lowest BCUT2D eigenvalue weighted by Crippen LogP contribution is -2.26. The Labute approximate surface area is 75.9 Å². The van der Waals surface area contributed by atoms with Crippen molar-refractivity contribution in [2.45, 2.75) is 0 Å². The Kier molecular flexibility index (Phi) is 4.98. The number of likely N-dealkylation sites (N-methyl/N-ethyl adjacent to an activating group) is 1. The molecular formula is C7H14BrN3. The largest absolute Gasteiger partial charge is 0.384 e. The van der Waals surface area contributed by atoms with E-state index < -0.39 is 0 Å². The van der Waals surface area contributed by atoms with Gasteiger partial charge in [0.15, 0.2) is 0 Å². The molecule has 0 saturated carbocycles. The fourth-order valence-corrected chi connectivity index (χ4v) is 1.17. The van der Waals surface area contributed by atoms with Crippen molar-refractivity contribution in [2.75, 3.05) is 20.6 Å². The van der Waals surface area contributed by atoms with E-state index in [1.54, 1.807) is 0 Å². The van der Waals surface area contributed by atoms with E-state index in [0.29, 0.717) is 0 Å². The number of nitrogens with two attached hydrogens (primary N) is 2. The zero-order valence-electron chi connectivity index (χ0n) is 6.84. The lowest BCUT2D eigenvalue weighted by molar-refractivity contribution is 0.452. The Morgan fingerprint density at radius 1 is 1.55 bits per heavy atom. The molecule has 0 bridgehead atoms. The molecule has 0 amide bonds. The first-order valence-corrected chi connectivity index (χ1v) is 4.12. The Balaban J connectivity index is 0.000000461. The highest BCUT2D eigenvalue weighted by molar-refractivity contribution is 9.11. The maximum atomic E-state index is 5.63. The Bertz CT molecular complexity index is 175. The van der Waals surface area contributed by atoms with Gasteiger partial charge < -0.3 is 16.4 Å². The van der Waals surface area contributed by atoms with Crippen LogP contribution < -0.4 is 11.5 Å². The van der Waals surface area contributed by atoms with Crippen LogP contribution in [0.15, 0.2) is 22.5 Å². The van der Waals surface area contributed by atoms with Crippen LogP contribution in [-0.2, 0) is 0 Å². The van der Waals surface area contributed by atoms with E-state index in [0.717, 1.165) is 16.8 Å². The molecule has 64 valence electrons. The van der Waals surface area contributed by atoms with E-state index >= 15 is 0 Å². The molecule has 0 atom stereocenters. The predicted octanol–water partition coefficient (Wildman–Crippen LogP) is 0.586. The lowest BCUT2D eigenvalue weighted by atomic mass is 10.3. The van der Waals surface area contributed by atoms with Crippen LogP contribution in [0.5, 0.6) is 0 Å². The second-order valence-electron chi connectivity index (χ2n) is 2.02. The molecule has 0 unspecified atom stereocenters. The Hall–Kier alpha value is -0.480. The van der Waals surface area contributed by atoms with Crippen molar-refractivity contribution in [3.05, 3.63) is 22.5 Å². The van der Waals surface area contributed by atoms with Gasteiger partial charge in [-0.1, -0.05) is 6.08 Å². The van der Waals surface area contributed by atoms with Crippen molar-refractivity contribution >= 4 is 15.9 Å². The van der Waals surface area contributed by atoms with Gasteiger partial charge in [-0.05, 0) is 29.1 Å². The normalized spacial score (nSPS) is 16.2. The summed E-state index contributed by atoms with van der Waals surface area (Å²) in [4.78, 5) is 1.98. The van der Waals surface area contributed by atoms with Gasteiger partial charge in [-0.3, -0.25) is 0 Å². The van der Waals surface area contributed by atoms with Gasteiger partial charge in [0, 0.05) is 13.6 Å². The zero-order chi connectivity index (χ0) is 8.85. The Morgan fingerprint density at radius 3 is 2.45 bits per heavy atom. The molecule has 0 aromatic heterocycles. The molecule has 1 aliphatic rings. The van der Waals surface area contributed by atoms with E-state index in [-0.39, 0.29) is 0 Å². The first-order valence-electron chi connectivity index (χ1n) is 3.32. The van der Waals surface area contributed by atoms with Crippen molar-refractivity contribution in [3.63, 3.8) is 0 Å². The van der Waals surface area contributed by atoms with Crippen LogP contribution in [-0.4, -0.2) is 25.5 Å². The van der Waals surface area contributed by atoms with Crippen molar-refractivity contribution in [3.8, 4) is 0 Å². The third kappa shape index (κ3) is 2.95. The smallest absolute Gasteiger partial charge is 0.113 e. The molecule has 0 spiro atoms. The third-order valence-corrected chi connectivity index (χ3v) is 1.97. The van der Waals surface area contributed by atoms with Gasteiger partial charge in [0.2, 0.25) is 0 Å². The highest BCUT2D eigenvalue weighted by Gasteiger charge is 2.05. The highest BCUT2D eigenvalue weighted by Crippen LogP contribution is 2.15. The minimum Gasteiger partial charge on any atom is -0.384 e. The average Bonchev–Trinajstić information content (AvgIpc) is 2.04. The second-order valence-corrected chi connectivity index (χ2v) is 2.87. The van der Waals surface area contributed by atoms with Crippen LogP contribution in [0.3, 0.4) is 0 Å². The first kappa shape index (κ1) is 10.5. The molecule has 1 heterocycles. The summed E-state index contributed by atoms with van der Waals surface area (Å²) in [6.45, 7) is 0.904. The van der Waals surface area contributed by atoms with Crippen LogP contribution in [0.1, 0.15) is 0 Å². The van der Waals surface area contributed by atoms with Gasteiger partial charge in [0.25, 0.3) is 0 Å². The number of hydrogen-bond acceptors (Lipinski definition) is 3. The summed E-state index contributed by atoms with van der Waals surface area (Å²) in [7, 11) is 3.46. The van der Waals surface area contributed by atoms with Crippen LogP contribution >= 0.6 is 15.9 Å². The van der Waals surface area contributed by atoms with Crippen molar-refractivity contribution in [1.82, 2.24) is 4.90 Å². The quantitative estimate of drug-likeness (QED) is 0.628. The maximum Gasteiger partial charge on any atom is 0.113 e. The van der Waals surface area contributed by atoms with Crippen molar-refractivity contribution in [1.29, 1.82) is 0 Å². The summed E-state index contributed by atoms with van der Waals surface area (Å²) >= 11 is 3.32. The number of allylic oxidation sites excluding steroid dienone is 2. The lowest BCUT2D eigenvalue weighted by Gasteiger charge is -2.21. The molecule has 1 aliphatic heterocycles. The highest BCUT2D eigenvalue weighted by atomic mass is 79.9. The van der Waals surface area contributed by atoms with Gasteiger partial charge >= 0.3 is 0 Å². The van der Waals surface area contributed by atoms with Gasteiger partial charge in [-0.15, -0.1) is 0 Å². The standard InChI is InChI=1S/C6H9BrN2.CH5N/c1-9-4-2-3-5(7)6(9)8;1-2/h2-3H,4,8H2,1H3;2H2,1H3. The molecule has 4 N–H and O–H groups in total. The topological polar surface area (TPSA) is 55.3 Å². The Morgan fingerprint density at radius 2 is 2.09 bits per heavy atom. The molecule has 0 fully saturated rings. The minimum absolute atomic E-state index is 0.803. The molecule has 11 heavy (non-hydrogen) atoms. The molecule has 0 radical (unpaired) electrons. The number of nitrogens with zero attached hydrogens (tertiary/aromatic N) is 1. The fraction of sp³-hybridized carbons (Fsp3) is 0.429. The monoisotopic (exact) mass is 219 g/mol. The number of rotatable bonds is 0. The SMILES string of the molecule is CN.CN1CC=CC(Br)=C1N. The predicted molar refractivity (Wildman–Crippen MR) is 52.0 cm³/mol. The number of hydrogen-bond donors (Lipinski definition) is 2.